The fourth-order valence-corrected chi connectivity index (χ4v) is 3.47. The summed E-state index contributed by atoms with van der Waals surface area (Å²) >= 11 is 0. The van der Waals surface area contributed by atoms with E-state index >= 15 is 0 Å². The van der Waals surface area contributed by atoms with Gasteiger partial charge in [-0.15, -0.1) is 0 Å². The van der Waals surface area contributed by atoms with Crippen molar-refractivity contribution in [2.45, 2.75) is 52.0 Å². The van der Waals surface area contributed by atoms with Gasteiger partial charge in [0.2, 0.25) is 5.95 Å². The van der Waals surface area contributed by atoms with Gasteiger partial charge in [-0.1, -0.05) is 51.2 Å². The van der Waals surface area contributed by atoms with Crippen LogP contribution in [0.5, 0.6) is 0 Å². The van der Waals surface area contributed by atoms with Gasteiger partial charge in [-0.25, -0.2) is 10.2 Å². The Morgan fingerprint density at radius 2 is 1.97 bits per heavy atom. The fraction of sp³-hybridized carbons (Fsp3) is 0.429. The number of nitrogens with zero attached hydrogens (tertiary/aromatic N) is 5. The van der Waals surface area contributed by atoms with Crippen molar-refractivity contribution >= 4 is 29.0 Å². The first kappa shape index (κ1) is 22.9. The van der Waals surface area contributed by atoms with Crippen LogP contribution < -0.4 is 16.7 Å². The number of fused-ring (bicyclic) bond motifs is 1. The van der Waals surface area contributed by atoms with Gasteiger partial charge in [0.1, 0.15) is 0 Å². The van der Waals surface area contributed by atoms with Crippen LogP contribution in [0, 0.1) is 10.1 Å². The van der Waals surface area contributed by atoms with Gasteiger partial charge in [-0.2, -0.15) is 10.1 Å². The summed E-state index contributed by atoms with van der Waals surface area (Å²) in [5.41, 5.74) is 2.84. The molecule has 32 heavy (non-hydrogen) atoms. The normalized spacial score (nSPS) is 11.4. The van der Waals surface area contributed by atoms with Crippen molar-refractivity contribution in [2.75, 3.05) is 5.43 Å². The predicted molar refractivity (Wildman–Crippen MR) is 123 cm³/mol. The zero-order chi connectivity index (χ0) is 23.1. The quantitative estimate of drug-likeness (QED) is 0.203. The zero-order valence-electron chi connectivity index (χ0n) is 18.2. The minimum Gasteiger partial charge on any atom is -0.303 e. The number of anilines is 1. The van der Waals surface area contributed by atoms with Crippen molar-refractivity contribution in [3.05, 3.63) is 60.8 Å². The van der Waals surface area contributed by atoms with Crippen LogP contribution in [0.2, 0.25) is 0 Å². The molecule has 11 heteroatoms. The van der Waals surface area contributed by atoms with E-state index in [-0.39, 0.29) is 11.3 Å². The first-order chi connectivity index (χ1) is 15.4. The van der Waals surface area contributed by atoms with Crippen molar-refractivity contribution in [1.29, 1.82) is 0 Å². The number of rotatable bonds is 11. The first-order valence-corrected chi connectivity index (χ1v) is 10.7. The molecule has 2 heterocycles. The van der Waals surface area contributed by atoms with Crippen molar-refractivity contribution < 1.29 is 4.92 Å². The van der Waals surface area contributed by atoms with Gasteiger partial charge in [-0.3, -0.25) is 24.5 Å². The molecule has 3 rings (SSSR count). The lowest BCUT2D eigenvalue weighted by Gasteiger charge is -2.08. The van der Waals surface area contributed by atoms with Gasteiger partial charge >= 0.3 is 5.69 Å². The molecule has 0 aliphatic carbocycles. The highest BCUT2D eigenvalue weighted by molar-refractivity contribution is 5.81. The molecule has 170 valence electrons. The van der Waals surface area contributed by atoms with Crippen molar-refractivity contribution in [1.82, 2.24) is 19.1 Å². The monoisotopic (exact) mass is 441 g/mol. The Balaban J connectivity index is 1.86. The number of hydrazone groups is 1. The maximum Gasteiger partial charge on any atom is 0.329 e. The molecule has 0 aliphatic heterocycles. The molecule has 2 aromatic heterocycles. The first-order valence-electron chi connectivity index (χ1n) is 10.7. The van der Waals surface area contributed by atoms with Crippen LogP contribution in [0.1, 0.15) is 51.0 Å². The van der Waals surface area contributed by atoms with Crippen LogP contribution >= 0.6 is 0 Å². The Morgan fingerprint density at radius 1 is 1.22 bits per heavy atom. The topological polar surface area (TPSA) is 140 Å². The number of nitrogens with one attached hydrogen (secondary N) is 2. The molecular formula is C21H27N7O4. The Hall–Kier alpha value is -3.76. The maximum absolute atomic E-state index is 12.5. The molecule has 1 aromatic carbocycles. The summed E-state index contributed by atoms with van der Waals surface area (Å²) in [7, 11) is 1.54. The van der Waals surface area contributed by atoms with Crippen LogP contribution in [-0.4, -0.2) is 30.2 Å². The van der Waals surface area contributed by atoms with Crippen LogP contribution in [0.25, 0.3) is 11.2 Å². The minimum atomic E-state index is -0.543. The average Bonchev–Trinajstić information content (AvgIpc) is 3.14. The van der Waals surface area contributed by atoms with Crippen molar-refractivity contribution in [3.63, 3.8) is 0 Å². The molecule has 0 fully saturated rings. The molecule has 0 amide bonds. The number of nitro benzene ring substituents is 1. The molecule has 3 aromatic rings. The van der Waals surface area contributed by atoms with Gasteiger partial charge in [0.05, 0.1) is 11.1 Å². The van der Waals surface area contributed by atoms with Crippen molar-refractivity contribution in [2.24, 2.45) is 12.1 Å². The molecule has 0 spiro atoms. The Kier molecular flexibility index (Phi) is 7.53. The summed E-state index contributed by atoms with van der Waals surface area (Å²) in [5.74, 6) is 0.321. The maximum atomic E-state index is 12.5. The minimum absolute atomic E-state index is 0.0363. The van der Waals surface area contributed by atoms with E-state index in [0.29, 0.717) is 23.6 Å². The number of aromatic nitrogens is 4. The van der Waals surface area contributed by atoms with E-state index in [1.807, 2.05) is 0 Å². The molecule has 11 nitrogen and oxygen atoms in total. The number of hydrogen-bond donors (Lipinski definition) is 2. The van der Waals surface area contributed by atoms with E-state index in [9.17, 15) is 19.7 Å². The second-order valence-electron chi connectivity index (χ2n) is 7.57. The number of unbranched alkanes of at least 4 members (excludes halogenated alkanes) is 5. The second kappa shape index (κ2) is 10.5. The second-order valence-corrected chi connectivity index (χ2v) is 7.57. The number of non-ortho nitro benzene ring substituents is 1. The van der Waals surface area contributed by atoms with Crippen LogP contribution in [0.3, 0.4) is 0 Å². The Labute approximate surface area is 183 Å². The highest BCUT2D eigenvalue weighted by Crippen LogP contribution is 2.18. The zero-order valence-corrected chi connectivity index (χ0v) is 18.2. The highest BCUT2D eigenvalue weighted by atomic mass is 16.6. The van der Waals surface area contributed by atoms with Crippen LogP contribution in [0.4, 0.5) is 11.6 Å². The number of aryl methyl sites for hydroxylation is 2. The third-order valence-electron chi connectivity index (χ3n) is 5.20. The third kappa shape index (κ3) is 5.29. The standard InChI is InChI=1S/C21H27N7O4/c1-3-4-5-6-7-8-12-27-17-18(26(2)21(30)24-19(17)29)23-20(27)25-22-14-15-10-9-11-16(13-15)28(31)32/h9-11,13-14H,3-8,12H2,1-2H3,(H,23,25)(H,24,29,30)/b22-14-. The number of benzene rings is 1. The van der Waals surface area contributed by atoms with E-state index in [2.05, 4.69) is 27.4 Å². The van der Waals surface area contributed by atoms with Gasteiger partial charge in [0.15, 0.2) is 11.2 Å². The van der Waals surface area contributed by atoms with E-state index in [1.54, 1.807) is 23.7 Å². The van der Waals surface area contributed by atoms with Crippen LogP contribution in [-0.2, 0) is 13.6 Å². The van der Waals surface area contributed by atoms with E-state index in [4.69, 9.17) is 0 Å². The lowest BCUT2D eigenvalue weighted by atomic mass is 10.1. The summed E-state index contributed by atoms with van der Waals surface area (Å²) in [4.78, 5) is 41.7. The van der Waals surface area contributed by atoms with E-state index in [1.165, 1.54) is 42.2 Å². The molecule has 0 atom stereocenters. The van der Waals surface area contributed by atoms with E-state index in [0.717, 1.165) is 19.3 Å². The van der Waals surface area contributed by atoms with Gasteiger partial charge < -0.3 is 4.57 Å². The van der Waals surface area contributed by atoms with E-state index < -0.39 is 16.2 Å². The van der Waals surface area contributed by atoms with Gasteiger partial charge in [-0.05, 0) is 6.42 Å². The predicted octanol–water partition coefficient (Wildman–Crippen LogP) is 3.14. The number of hydrogen-bond acceptors (Lipinski definition) is 7. The summed E-state index contributed by atoms with van der Waals surface area (Å²) in [5, 5.41) is 15.1. The highest BCUT2D eigenvalue weighted by Gasteiger charge is 2.17. The molecule has 0 bridgehead atoms. The molecule has 0 unspecified atom stereocenters. The molecule has 0 radical (unpaired) electrons. The summed E-state index contributed by atoms with van der Waals surface area (Å²) in [6, 6.07) is 6.06. The van der Waals surface area contributed by atoms with Gasteiger partial charge in [0.25, 0.3) is 11.2 Å². The molecule has 0 aliphatic rings. The van der Waals surface area contributed by atoms with Gasteiger partial charge in [0, 0.05) is 31.3 Å². The number of imidazole rings is 1. The lowest BCUT2D eigenvalue weighted by Crippen LogP contribution is -2.29. The summed E-state index contributed by atoms with van der Waals surface area (Å²) in [6.45, 7) is 2.71. The van der Waals surface area contributed by atoms with Crippen LogP contribution in [0.15, 0.2) is 39.0 Å². The smallest absolute Gasteiger partial charge is 0.303 e. The molecule has 0 saturated heterocycles. The molecular weight excluding hydrogens is 414 g/mol. The fourth-order valence-electron chi connectivity index (χ4n) is 3.47. The SMILES string of the molecule is CCCCCCCCn1c(N/N=C\c2cccc([N+](=O)[O-])c2)nc2c1c(=O)[nH]c(=O)n2C. The number of aromatic amines is 1. The van der Waals surface area contributed by atoms with Crippen molar-refractivity contribution in [3.8, 4) is 0 Å². The largest absolute Gasteiger partial charge is 0.329 e. The molecule has 0 saturated carbocycles. The third-order valence-corrected chi connectivity index (χ3v) is 5.20. The number of nitro groups is 1. The average molecular weight is 441 g/mol. The molecule has 2 N–H and O–H groups in total. The Morgan fingerprint density at radius 3 is 2.72 bits per heavy atom. The lowest BCUT2D eigenvalue weighted by molar-refractivity contribution is -0.384. The number of H-pyrrole nitrogens is 1. The Bertz CT molecular complexity index is 1240. The summed E-state index contributed by atoms with van der Waals surface area (Å²) < 4.78 is 3.00. The summed E-state index contributed by atoms with van der Waals surface area (Å²) in [6.07, 6.45) is 7.96.